The highest BCUT2D eigenvalue weighted by Gasteiger charge is 2.21. The Bertz CT molecular complexity index is 1130. The van der Waals surface area contributed by atoms with Gasteiger partial charge in [0.1, 0.15) is 11.6 Å². The van der Waals surface area contributed by atoms with Crippen LogP contribution in [0.5, 0.6) is 0 Å². The normalized spacial score (nSPS) is 15.3. The second kappa shape index (κ2) is 7.17. The van der Waals surface area contributed by atoms with Gasteiger partial charge in [-0.3, -0.25) is 4.90 Å². The van der Waals surface area contributed by atoms with Crippen molar-refractivity contribution in [1.29, 1.82) is 0 Å². The lowest BCUT2D eigenvalue weighted by Gasteiger charge is -2.35. The molecule has 4 heterocycles. The number of nitrogens with two attached hydrogens (primary N) is 1. The van der Waals surface area contributed by atoms with E-state index in [4.69, 9.17) is 10.2 Å². The molecule has 3 aromatic heterocycles. The lowest BCUT2D eigenvalue weighted by Crippen LogP contribution is -2.46. The van der Waals surface area contributed by atoms with Crippen molar-refractivity contribution in [3.8, 4) is 11.6 Å². The molecule has 1 fully saturated rings. The average Bonchev–Trinajstić information content (AvgIpc) is 3.40. The van der Waals surface area contributed by atoms with Gasteiger partial charge >= 0.3 is 0 Å². The van der Waals surface area contributed by atoms with E-state index in [0.717, 1.165) is 37.6 Å². The van der Waals surface area contributed by atoms with Crippen molar-refractivity contribution in [2.45, 2.75) is 6.54 Å². The van der Waals surface area contributed by atoms with Crippen molar-refractivity contribution in [3.05, 3.63) is 60.1 Å². The minimum atomic E-state index is -0.158. The van der Waals surface area contributed by atoms with Crippen LogP contribution in [0.2, 0.25) is 0 Å². The van der Waals surface area contributed by atoms with Crippen molar-refractivity contribution < 1.29 is 8.81 Å². The van der Waals surface area contributed by atoms with Gasteiger partial charge in [-0.25, -0.2) is 9.37 Å². The molecule has 0 saturated carbocycles. The highest BCUT2D eigenvalue weighted by atomic mass is 19.1. The van der Waals surface area contributed by atoms with E-state index in [0.29, 0.717) is 23.8 Å². The number of hydrogen-bond acceptors (Lipinski definition) is 7. The number of fused-ring (bicyclic) bond motifs is 1. The van der Waals surface area contributed by atoms with Crippen LogP contribution in [0, 0.1) is 5.82 Å². The smallest absolute Gasteiger partial charge is 0.225 e. The molecule has 1 saturated heterocycles. The Kier molecular flexibility index (Phi) is 4.36. The molecule has 2 N–H and O–H groups in total. The molecule has 29 heavy (non-hydrogen) atoms. The largest absolute Gasteiger partial charge is 0.461 e. The summed E-state index contributed by atoms with van der Waals surface area (Å²) in [6, 6.07) is 12.4. The van der Waals surface area contributed by atoms with E-state index in [1.54, 1.807) is 24.5 Å². The summed E-state index contributed by atoms with van der Waals surface area (Å²) in [5, 5.41) is 4.37. The SMILES string of the molecule is Nc1nc(N2CCN(Cc3ccccc3F)CC2)cc2nc(-c3ccco3)nn12. The van der Waals surface area contributed by atoms with Gasteiger partial charge in [-0.1, -0.05) is 18.2 Å². The van der Waals surface area contributed by atoms with Gasteiger partial charge in [0.05, 0.1) is 6.26 Å². The molecule has 4 aromatic rings. The van der Waals surface area contributed by atoms with Gasteiger partial charge in [0, 0.05) is 44.4 Å². The van der Waals surface area contributed by atoms with E-state index in [-0.39, 0.29) is 11.8 Å². The molecule has 0 amide bonds. The van der Waals surface area contributed by atoms with Crippen molar-refractivity contribution in [2.75, 3.05) is 36.8 Å². The molecule has 9 heteroatoms. The second-order valence-corrected chi connectivity index (χ2v) is 7.01. The number of anilines is 2. The number of aromatic nitrogens is 4. The number of rotatable bonds is 4. The van der Waals surface area contributed by atoms with E-state index in [1.807, 2.05) is 18.2 Å². The van der Waals surface area contributed by atoms with Crippen molar-refractivity contribution in [1.82, 2.24) is 24.5 Å². The van der Waals surface area contributed by atoms with Crippen LogP contribution in [0.3, 0.4) is 0 Å². The first-order valence-corrected chi connectivity index (χ1v) is 9.45. The van der Waals surface area contributed by atoms with Crippen LogP contribution in [0.15, 0.2) is 53.1 Å². The summed E-state index contributed by atoms with van der Waals surface area (Å²) < 4.78 is 20.8. The second-order valence-electron chi connectivity index (χ2n) is 7.01. The van der Waals surface area contributed by atoms with Crippen LogP contribution in [-0.2, 0) is 6.54 Å². The number of nitrogens with zero attached hydrogens (tertiary/aromatic N) is 6. The zero-order chi connectivity index (χ0) is 19.8. The third kappa shape index (κ3) is 3.40. The maximum Gasteiger partial charge on any atom is 0.225 e. The van der Waals surface area contributed by atoms with Gasteiger partial charge in [0.25, 0.3) is 0 Å². The number of nitrogen functional groups attached to an aromatic ring is 1. The first kappa shape index (κ1) is 17.6. The minimum Gasteiger partial charge on any atom is -0.461 e. The van der Waals surface area contributed by atoms with Crippen molar-refractivity contribution >= 4 is 17.4 Å². The maximum atomic E-state index is 13.9. The van der Waals surface area contributed by atoms with Crippen LogP contribution in [-0.4, -0.2) is 50.7 Å². The molecule has 5 rings (SSSR count). The third-order valence-corrected chi connectivity index (χ3v) is 5.13. The van der Waals surface area contributed by atoms with Gasteiger partial charge in [0.15, 0.2) is 11.4 Å². The summed E-state index contributed by atoms with van der Waals surface area (Å²) in [6.07, 6.45) is 1.58. The van der Waals surface area contributed by atoms with Crippen LogP contribution in [0.4, 0.5) is 16.2 Å². The molecule has 1 aromatic carbocycles. The Morgan fingerprint density at radius 1 is 1.03 bits per heavy atom. The topological polar surface area (TPSA) is 88.7 Å². The molecule has 1 aliphatic heterocycles. The standard InChI is InChI=1S/C20H20FN7O/c21-15-5-2-1-4-14(15)13-26-7-9-27(10-8-26)17-12-18-23-19(16-6-3-11-29-16)25-28(18)20(22)24-17/h1-6,11-12H,7-10,13H2,(H2,22,24). The fourth-order valence-corrected chi connectivity index (χ4v) is 3.57. The van der Waals surface area contributed by atoms with Crippen molar-refractivity contribution in [3.63, 3.8) is 0 Å². The fraction of sp³-hybridized carbons (Fsp3) is 0.250. The maximum absolute atomic E-state index is 13.9. The Morgan fingerprint density at radius 2 is 1.86 bits per heavy atom. The minimum absolute atomic E-state index is 0.158. The quantitative estimate of drug-likeness (QED) is 0.570. The number of piperazine rings is 1. The first-order chi connectivity index (χ1) is 14.2. The van der Waals surface area contributed by atoms with Crippen molar-refractivity contribution in [2.24, 2.45) is 0 Å². The molecule has 8 nitrogen and oxygen atoms in total. The molecule has 0 unspecified atom stereocenters. The summed E-state index contributed by atoms with van der Waals surface area (Å²) in [5.74, 6) is 1.93. The number of halogens is 1. The highest BCUT2D eigenvalue weighted by molar-refractivity contribution is 5.59. The monoisotopic (exact) mass is 393 g/mol. The zero-order valence-corrected chi connectivity index (χ0v) is 15.7. The van der Waals surface area contributed by atoms with E-state index in [9.17, 15) is 4.39 Å². The predicted octanol–water partition coefficient (Wildman–Crippen LogP) is 2.43. The van der Waals surface area contributed by atoms with Crippen LogP contribution < -0.4 is 10.6 Å². The Labute approximate surface area is 166 Å². The first-order valence-electron chi connectivity index (χ1n) is 9.45. The summed E-state index contributed by atoms with van der Waals surface area (Å²) in [5.41, 5.74) is 7.46. The molecule has 0 spiro atoms. The summed E-state index contributed by atoms with van der Waals surface area (Å²) in [6.45, 7) is 3.77. The van der Waals surface area contributed by atoms with Gasteiger partial charge < -0.3 is 15.1 Å². The molecule has 0 radical (unpaired) electrons. The van der Waals surface area contributed by atoms with E-state index < -0.39 is 0 Å². The predicted molar refractivity (Wildman–Crippen MR) is 107 cm³/mol. The third-order valence-electron chi connectivity index (χ3n) is 5.13. The molecular weight excluding hydrogens is 373 g/mol. The Morgan fingerprint density at radius 3 is 2.62 bits per heavy atom. The lowest BCUT2D eigenvalue weighted by atomic mass is 10.2. The molecule has 0 atom stereocenters. The molecular formula is C20H20FN7O. The van der Waals surface area contributed by atoms with E-state index in [1.165, 1.54) is 10.6 Å². The summed E-state index contributed by atoms with van der Waals surface area (Å²) in [4.78, 5) is 13.4. The summed E-state index contributed by atoms with van der Waals surface area (Å²) >= 11 is 0. The van der Waals surface area contributed by atoms with Gasteiger partial charge in [0.2, 0.25) is 11.8 Å². The lowest BCUT2D eigenvalue weighted by molar-refractivity contribution is 0.246. The van der Waals surface area contributed by atoms with Crippen LogP contribution in [0.1, 0.15) is 5.56 Å². The highest BCUT2D eigenvalue weighted by Crippen LogP contribution is 2.22. The van der Waals surface area contributed by atoms with Gasteiger partial charge in [-0.15, -0.1) is 5.10 Å². The Balaban J connectivity index is 1.32. The molecule has 148 valence electrons. The number of benzene rings is 1. The molecule has 0 bridgehead atoms. The van der Waals surface area contributed by atoms with Gasteiger partial charge in [-0.05, 0) is 18.2 Å². The molecule has 0 aliphatic carbocycles. The summed E-state index contributed by atoms with van der Waals surface area (Å²) in [7, 11) is 0. The van der Waals surface area contributed by atoms with E-state index in [2.05, 4.69) is 24.9 Å². The fourth-order valence-electron chi connectivity index (χ4n) is 3.57. The van der Waals surface area contributed by atoms with E-state index >= 15 is 0 Å². The zero-order valence-electron chi connectivity index (χ0n) is 15.7. The van der Waals surface area contributed by atoms with Crippen LogP contribution >= 0.6 is 0 Å². The number of hydrogen-bond donors (Lipinski definition) is 1. The Hall–Kier alpha value is -3.46. The van der Waals surface area contributed by atoms with Crippen LogP contribution in [0.25, 0.3) is 17.2 Å². The molecule has 1 aliphatic rings. The average molecular weight is 393 g/mol. The number of furan rings is 1. The van der Waals surface area contributed by atoms with Gasteiger partial charge in [-0.2, -0.15) is 9.50 Å².